The zero-order valence-corrected chi connectivity index (χ0v) is 10.8. The summed E-state index contributed by atoms with van der Waals surface area (Å²) in [6, 6.07) is 0. The first-order valence-corrected chi connectivity index (χ1v) is 6.16. The minimum Gasteiger partial charge on any atom is -0.364 e. The number of aromatic nitrogens is 2. The molecule has 2 heterocycles. The van der Waals surface area contributed by atoms with Gasteiger partial charge in [0, 0.05) is 13.6 Å². The second-order valence-corrected chi connectivity index (χ2v) is 4.91. The summed E-state index contributed by atoms with van der Waals surface area (Å²) >= 11 is 0. The van der Waals surface area contributed by atoms with Crippen LogP contribution < -0.4 is 5.32 Å². The molecule has 100 valence electrons. The third-order valence-corrected chi connectivity index (χ3v) is 3.49. The average molecular weight is 253 g/mol. The van der Waals surface area contributed by atoms with Gasteiger partial charge in [-0.2, -0.15) is 0 Å². The largest absolute Gasteiger partial charge is 0.406 e. The SMILES string of the molecule is CN1CCC(CNc2c([N+](=O)[O-])ncn2C)CC1. The Morgan fingerprint density at radius 2 is 2.17 bits per heavy atom. The number of hydrogen-bond acceptors (Lipinski definition) is 5. The van der Waals surface area contributed by atoms with Crippen molar-refractivity contribution in [3.05, 3.63) is 16.4 Å². The molecule has 1 saturated heterocycles. The number of likely N-dealkylation sites (tertiary alicyclic amines) is 1. The van der Waals surface area contributed by atoms with Crippen molar-refractivity contribution in [2.75, 3.05) is 32.0 Å². The van der Waals surface area contributed by atoms with Crippen LogP contribution >= 0.6 is 0 Å². The maximum Gasteiger partial charge on any atom is 0.406 e. The van der Waals surface area contributed by atoms with E-state index in [2.05, 4.69) is 22.2 Å². The molecule has 0 radical (unpaired) electrons. The van der Waals surface area contributed by atoms with Gasteiger partial charge >= 0.3 is 5.82 Å². The molecule has 0 unspecified atom stereocenters. The van der Waals surface area contributed by atoms with E-state index in [0.29, 0.717) is 11.7 Å². The van der Waals surface area contributed by atoms with Crippen molar-refractivity contribution < 1.29 is 4.92 Å². The molecule has 0 spiro atoms. The summed E-state index contributed by atoms with van der Waals surface area (Å²) < 4.78 is 1.66. The van der Waals surface area contributed by atoms with Gasteiger partial charge in [-0.25, -0.2) is 0 Å². The van der Waals surface area contributed by atoms with Gasteiger partial charge in [-0.15, -0.1) is 0 Å². The fraction of sp³-hybridized carbons (Fsp3) is 0.727. The third kappa shape index (κ3) is 2.79. The van der Waals surface area contributed by atoms with Crippen molar-refractivity contribution in [3.8, 4) is 0 Å². The Kier molecular flexibility index (Phi) is 3.81. The maximum atomic E-state index is 10.8. The first-order valence-electron chi connectivity index (χ1n) is 6.16. The van der Waals surface area contributed by atoms with Crippen molar-refractivity contribution >= 4 is 11.6 Å². The Balaban J connectivity index is 1.94. The van der Waals surface area contributed by atoms with E-state index in [9.17, 15) is 10.1 Å². The summed E-state index contributed by atoms with van der Waals surface area (Å²) in [5, 5.41) is 14.0. The van der Waals surface area contributed by atoms with E-state index in [1.54, 1.807) is 11.6 Å². The van der Waals surface area contributed by atoms with Crippen LogP contribution in [0, 0.1) is 16.0 Å². The third-order valence-electron chi connectivity index (χ3n) is 3.49. The van der Waals surface area contributed by atoms with Crippen LogP contribution in [0.4, 0.5) is 11.6 Å². The molecule has 1 N–H and O–H groups in total. The molecular weight excluding hydrogens is 234 g/mol. The van der Waals surface area contributed by atoms with E-state index in [1.165, 1.54) is 6.33 Å². The van der Waals surface area contributed by atoms with Gasteiger partial charge in [0.05, 0.1) is 0 Å². The van der Waals surface area contributed by atoms with Crippen LogP contribution in [0.3, 0.4) is 0 Å². The zero-order valence-electron chi connectivity index (χ0n) is 10.8. The van der Waals surface area contributed by atoms with Crippen molar-refractivity contribution in [1.82, 2.24) is 14.5 Å². The summed E-state index contributed by atoms with van der Waals surface area (Å²) in [6.07, 6.45) is 3.74. The summed E-state index contributed by atoms with van der Waals surface area (Å²) in [4.78, 5) is 16.5. The predicted octanol–water partition coefficient (Wildman–Crippen LogP) is 1.08. The minimum absolute atomic E-state index is 0.0922. The van der Waals surface area contributed by atoms with Gasteiger partial charge in [-0.3, -0.25) is 4.57 Å². The van der Waals surface area contributed by atoms with E-state index in [4.69, 9.17) is 0 Å². The number of nitro groups is 1. The smallest absolute Gasteiger partial charge is 0.364 e. The highest BCUT2D eigenvalue weighted by molar-refractivity contribution is 5.51. The molecular formula is C11H19N5O2. The normalized spacial score (nSPS) is 17.9. The van der Waals surface area contributed by atoms with Gasteiger partial charge in [0.1, 0.15) is 0 Å². The predicted molar refractivity (Wildman–Crippen MR) is 68.6 cm³/mol. The Bertz CT molecular complexity index is 423. The van der Waals surface area contributed by atoms with Gasteiger partial charge in [0.15, 0.2) is 0 Å². The van der Waals surface area contributed by atoms with E-state index in [0.717, 1.165) is 32.5 Å². The second kappa shape index (κ2) is 5.34. The van der Waals surface area contributed by atoms with Gasteiger partial charge in [0.2, 0.25) is 12.1 Å². The fourth-order valence-corrected chi connectivity index (χ4v) is 2.26. The topological polar surface area (TPSA) is 76.2 Å². The lowest BCUT2D eigenvalue weighted by Crippen LogP contribution is -2.33. The number of imidazole rings is 1. The summed E-state index contributed by atoms with van der Waals surface area (Å²) in [5.41, 5.74) is 0. The first kappa shape index (κ1) is 12.8. The van der Waals surface area contributed by atoms with E-state index >= 15 is 0 Å². The van der Waals surface area contributed by atoms with Crippen molar-refractivity contribution in [3.63, 3.8) is 0 Å². The zero-order chi connectivity index (χ0) is 13.1. The highest BCUT2D eigenvalue weighted by Gasteiger charge is 2.22. The Labute approximate surface area is 106 Å². The first-order chi connectivity index (χ1) is 8.58. The van der Waals surface area contributed by atoms with Crippen molar-refractivity contribution in [2.45, 2.75) is 12.8 Å². The number of anilines is 1. The molecule has 1 aromatic heterocycles. The van der Waals surface area contributed by atoms with Crippen LogP contribution in [0.25, 0.3) is 0 Å². The van der Waals surface area contributed by atoms with Crippen LogP contribution in [0.2, 0.25) is 0 Å². The standard InChI is InChI=1S/C11H19N5O2/c1-14-5-3-9(4-6-14)7-12-10-11(16(17)18)13-8-15(10)2/h8-9,12H,3-7H2,1-2H3. The second-order valence-electron chi connectivity index (χ2n) is 4.91. The Morgan fingerprint density at radius 1 is 1.50 bits per heavy atom. The molecule has 2 rings (SSSR count). The molecule has 0 saturated carbocycles. The highest BCUT2D eigenvalue weighted by Crippen LogP contribution is 2.23. The molecule has 0 aliphatic carbocycles. The van der Waals surface area contributed by atoms with Gasteiger partial charge in [0.25, 0.3) is 0 Å². The van der Waals surface area contributed by atoms with Crippen LogP contribution in [-0.4, -0.2) is 46.1 Å². The molecule has 1 aromatic rings. The quantitative estimate of drug-likeness (QED) is 0.642. The molecule has 1 fully saturated rings. The lowest BCUT2D eigenvalue weighted by molar-refractivity contribution is -0.388. The number of hydrogen-bond donors (Lipinski definition) is 1. The monoisotopic (exact) mass is 253 g/mol. The molecule has 7 heteroatoms. The van der Waals surface area contributed by atoms with Crippen molar-refractivity contribution in [1.29, 1.82) is 0 Å². The molecule has 0 amide bonds. The van der Waals surface area contributed by atoms with E-state index < -0.39 is 4.92 Å². The molecule has 7 nitrogen and oxygen atoms in total. The van der Waals surface area contributed by atoms with Gasteiger partial charge < -0.3 is 20.3 Å². The summed E-state index contributed by atoms with van der Waals surface area (Å²) in [7, 11) is 3.88. The average Bonchev–Trinajstić information content (AvgIpc) is 2.70. The van der Waals surface area contributed by atoms with Crippen LogP contribution in [-0.2, 0) is 7.05 Å². The lowest BCUT2D eigenvalue weighted by atomic mass is 9.97. The molecule has 1 aliphatic heterocycles. The fourth-order valence-electron chi connectivity index (χ4n) is 2.26. The molecule has 0 atom stereocenters. The summed E-state index contributed by atoms with van der Waals surface area (Å²) in [5.74, 6) is 0.986. The number of nitrogens with one attached hydrogen (secondary N) is 1. The summed E-state index contributed by atoms with van der Waals surface area (Å²) in [6.45, 7) is 2.97. The molecule has 0 bridgehead atoms. The Morgan fingerprint density at radius 3 is 2.78 bits per heavy atom. The van der Waals surface area contributed by atoms with Gasteiger partial charge in [-0.05, 0) is 48.8 Å². The molecule has 18 heavy (non-hydrogen) atoms. The maximum absolute atomic E-state index is 10.8. The number of aryl methyl sites for hydroxylation is 1. The Hall–Kier alpha value is -1.63. The van der Waals surface area contributed by atoms with Crippen molar-refractivity contribution in [2.24, 2.45) is 13.0 Å². The van der Waals surface area contributed by atoms with E-state index in [1.807, 2.05) is 0 Å². The van der Waals surface area contributed by atoms with Crippen LogP contribution in [0.1, 0.15) is 12.8 Å². The van der Waals surface area contributed by atoms with Crippen LogP contribution in [0.15, 0.2) is 6.33 Å². The van der Waals surface area contributed by atoms with Crippen LogP contribution in [0.5, 0.6) is 0 Å². The minimum atomic E-state index is -0.447. The molecule has 1 aliphatic rings. The number of nitrogens with zero attached hydrogens (tertiary/aromatic N) is 4. The number of rotatable bonds is 4. The van der Waals surface area contributed by atoms with Gasteiger partial charge in [-0.1, -0.05) is 0 Å². The molecule has 0 aromatic carbocycles. The lowest BCUT2D eigenvalue weighted by Gasteiger charge is -2.29. The van der Waals surface area contributed by atoms with E-state index in [-0.39, 0.29) is 5.82 Å². The highest BCUT2D eigenvalue weighted by atomic mass is 16.6. The number of piperidine rings is 1.